The van der Waals surface area contributed by atoms with Gasteiger partial charge in [0, 0.05) is 6.54 Å². The minimum atomic E-state index is -0.864. The molecule has 1 aromatic rings. The molecule has 0 spiro atoms. The van der Waals surface area contributed by atoms with Crippen LogP contribution in [-0.4, -0.2) is 36.7 Å². The van der Waals surface area contributed by atoms with Crippen LogP contribution in [0.1, 0.15) is 39.7 Å². The van der Waals surface area contributed by atoms with Crippen LogP contribution in [0.2, 0.25) is 0 Å². The second kappa shape index (κ2) is 9.23. The summed E-state index contributed by atoms with van der Waals surface area (Å²) < 4.78 is 11.2. The quantitative estimate of drug-likeness (QED) is 0.732. The number of benzene rings is 1. The molecule has 1 aromatic carbocycles. The Balaban J connectivity index is 0.000000330. The van der Waals surface area contributed by atoms with Crippen molar-refractivity contribution in [3.63, 3.8) is 0 Å². The highest BCUT2D eigenvalue weighted by molar-refractivity contribution is 5.85. The van der Waals surface area contributed by atoms with Gasteiger partial charge in [-0.15, -0.1) is 0 Å². The van der Waals surface area contributed by atoms with Crippen molar-refractivity contribution < 1.29 is 19.1 Å². The molecule has 4 rings (SSSR count). The standard InChI is InChI=1S/C19H25NO4.C7H8/c1-12-10-20-11-19(12,9-15(21)24-18(2,3)4)17(22)23-16-13-6-5-7-14(16)8-13;1-7-5-3-2-4-6-7/h5-8,12,16,20H,9-11H2,1-4H3;2-6H,1H3/t12-,19+;/m0./s1. The molecule has 0 saturated carbocycles. The number of hydrogen-bond donors (Lipinski definition) is 1. The Morgan fingerprint density at radius 1 is 1.16 bits per heavy atom. The lowest BCUT2D eigenvalue weighted by molar-refractivity contribution is -0.170. The van der Waals surface area contributed by atoms with Gasteiger partial charge in [0.05, 0.1) is 11.8 Å². The minimum Gasteiger partial charge on any atom is -0.460 e. The molecule has 5 nitrogen and oxygen atoms in total. The van der Waals surface area contributed by atoms with E-state index in [0.29, 0.717) is 13.1 Å². The molecule has 5 heteroatoms. The summed E-state index contributed by atoms with van der Waals surface area (Å²) in [6, 6.07) is 10.3. The molecule has 2 aliphatic carbocycles. The normalized spacial score (nSPS) is 26.0. The van der Waals surface area contributed by atoms with Crippen molar-refractivity contribution in [2.45, 2.75) is 52.7 Å². The van der Waals surface area contributed by atoms with Crippen LogP contribution in [0.25, 0.3) is 0 Å². The van der Waals surface area contributed by atoms with E-state index in [1.807, 2.05) is 70.2 Å². The summed E-state index contributed by atoms with van der Waals surface area (Å²) in [6.45, 7) is 10.7. The van der Waals surface area contributed by atoms with E-state index >= 15 is 0 Å². The van der Waals surface area contributed by atoms with Crippen LogP contribution in [0.3, 0.4) is 0 Å². The fourth-order valence-corrected chi connectivity index (χ4v) is 3.97. The first-order valence-electron chi connectivity index (χ1n) is 10.9. The van der Waals surface area contributed by atoms with E-state index in [0.717, 1.165) is 11.1 Å². The van der Waals surface area contributed by atoms with Crippen LogP contribution >= 0.6 is 0 Å². The maximum atomic E-state index is 13.0. The second-order valence-electron chi connectivity index (χ2n) is 9.56. The molecule has 1 unspecified atom stereocenters. The summed E-state index contributed by atoms with van der Waals surface area (Å²) in [5, 5.41) is 3.22. The number of carbonyl (C=O) groups excluding carboxylic acids is 2. The minimum absolute atomic E-state index is 0.0101. The largest absolute Gasteiger partial charge is 0.460 e. The third-order valence-corrected chi connectivity index (χ3v) is 5.80. The zero-order valence-electron chi connectivity index (χ0n) is 19.1. The highest BCUT2D eigenvalue weighted by atomic mass is 16.6. The van der Waals surface area contributed by atoms with Crippen molar-refractivity contribution >= 4 is 11.9 Å². The molecule has 1 fully saturated rings. The Morgan fingerprint density at radius 2 is 1.87 bits per heavy atom. The lowest BCUT2D eigenvalue weighted by Gasteiger charge is -2.36. The van der Waals surface area contributed by atoms with Crippen molar-refractivity contribution in [3.8, 4) is 0 Å². The molecule has 166 valence electrons. The Labute approximate surface area is 185 Å². The molecular weight excluding hydrogens is 390 g/mol. The molecule has 1 heterocycles. The predicted octanol–water partition coefficient (Wildman–Crippen LogP) is 4.29. The molecule has 3 atom stereocenters. The number of nitrogens with one attached hydrogen (secondary N) is 1. The van der Waals surface area contributed by atoms with Gasteiger partial charge < -0.3 is 14.8 Å². The zero-order chi connectivity index (χ0) is 22.6. The van der Waals surface area contributed by atoms with Gasteiger partial charge in [-0.1, -0.05) is 61.0 Å². The molecule has 1 aliphatic heterocycles. The monoisotopic (exact) mass is 423 g/mol. The molecule has 1 saturated heterocycles. The third kappa shape index (κ3) is 5.53. The van der Waals surface area contributed by atoms with E-state index in [4.69, 9.17) is 9.47 Å². The lowest BCUT2D eigenvalue weighted by atomic mass is 9.75. The average Bonchev–Trinajstić information content (AvgIpc) is 3.07. The van der Waals surface area contributed by atoms with E-state index in [1.54, 1.807) is 0 Å². The molecular formula is C26H33NO4. The first-order chi connectivity index (χ1) is 14.6. The van der Waals surface area contributed by atoms with Gasteiger partial charge in [-0.3, -0.25) is 9.59 Å². The van der Waals surface area contributed by atoms with Crippen LogP contribution in [0.15, 0.2) is 65.8 Å². The topological polar surface area (TPSA) is 64.6 Å². The SMILES string of the molecule is C[C@H]1CNC[C@@]1(CC(=O)OC(C)(C)C)C(=O)OC1c2cccc1c2.Cc1ccccc1. The van der Waals surface area contributed by atoms with Gasteiger partial charge >= 0.3 is 11.9 Å². The Morgan fingerprint density at radius 3 is 2.32 bits per heavy atom. The van der Waals surface area contributed by atoms with Gasteiger partial charge in [0.15, 0.2) is 6.10 Å². The Kier molecular flexibility index (Phi) is 6.85. The highest BCUT2D eigenvalue weighted by Gasteiger charge is 2.51. The molecule has 0 radical (unpaired) electrons. The number of hydrogen-bond acceptors (Lipinski definition) is 5. The molecule has 0 amide bonds. The van der Waals surface area contributed by atoms with E-state index in [9.17, 15) is 9.59 Å². The summed E-state index contributed by atoms with van der Waals surface area (Å²) in [6.07, 6.45) is 7.60. The summed E-state index contributed by atoms with van der Waals surface area (Å²) in [4.78, 5) is 25.3. The van der Waals surface area contributed by atoms with Gasteiger partial charge in [0.25, 0.3) is 0 Å². The van der Waals surface area contributed by atoms with E-state index in [1.165, 1.54) is 5.56 Å². The van der Waals surface area contributed by atoms with Crippen molar-refractivity contribution in [2.75, 3.05) is 13.1 Å². The number of rotatable bonds is 4. The fourth-order valence-electron chi connectivity index (χ4n) is 3.97. The van der Waals surface area contributed by atoms with Crippen LogP contribution < -0.4 is 5.32 Å². The third-order valence-electron chi connectivity index (χ3n) is 5.80. The molecule has 1 N–H and O–H groups in total. The van der Waals surface area contributed by atoms with Crippen molar-refractivity contribution in [1.29, 1.82) is 0 Å². The molecule has 3 aliphatic rings. The van der Waals surface area contributed by atoms with Gasteiger partial charge in [0.1, 0.15) is 5.60 Å². The first kappa shape index (κ1) is 23.0. The van der Waals surface area contributed by atoms with E-state index in [-0.39, 0.29) is 30.4 Å². The zero-order valence-corrected chi connectivity index (χ0v) is 19.1. The van der Waals surface area contributed by atoms with Gasteiger partial charge in [-0.2, -0.15) is 0 Å². The van der Waals surface area contributed by atoms with Crippen LogP contribution in [0.5, 0.6) is 0 Å². The molecule has 31 heavy (non-hydrogen) atoms. The van der Waals surface area contributed by atoms with E-state index in [2.05, 4.69) is 24.4 Å². The maximum Gasteiger partial charge on any atom is 0.315 e. The van der Waals surface area contributed by atoms with Crippen molar-refractivity contribution in [1.82, 2.24) is 5.32 Å². The first-order valence-corrected chi connectivity index (χ1v) is 10.9. The average molecular weight is 424 g/mol. The summed E-state index contributed by atoms with van der Waals surface area (Å²) in [5.41, 5.74) is 1.90. The maximum absolute atomic E-state index is 13.0. The van der Waals surface area contributed by atoms with Gasteiger partial charge in [0.2, 0.25) is 0 Å². The van der Waals surface area contributed by atoms with E-state index < -0.39 is 11.0 Å². The summed E-state index contributed by atoms with van der Waals surface area (Å²) in [5.74, 6) is -0.666. The van der Waals surface area contributed by atoms with Crippen LogP contribution in [0, 0.1) is 18.3 Å². The predicted molar refractivity (Wildman–Crippen MR) is 121 cm³/mol. The number of aryl methyl sites for hydroxylation is 1. The van der Waals surface area contributed by atoms with Gasteiger partial charge in [-0.25, -0.2) is 0 Å². The smallest absolute Gasteiger partial charge is 0.315 e. The number of ether oxygens (including phenoxy) is 2. The van der Waals surface area contributed by atoms with Gasteiger partial charge in [-0.05, 0) is 57.4 Å². The molecule has 0 aromatic heterocycles. The number of carbonyl (C=O) groups is 2. The molecule has 2 bridgehead atoms. The number of allylic oxidation sites excluding steroid dienone is 2. The second-order valence-corrected chi connectivity index (χ2v) is 9.56. The fraction of sp³-hybridized carbons (Fsp3) is 0.462. The summed E-state index contributed by atoms with van der Waals surface area (Å²) >= 11 is 0. The van der Waals surface area contributed by atoms with Crippen LogP contribution in [-0.2, 0) is 19.1 Å². The lowest BCUT2D eigenvalue weighted by Crippen LogP contribution is -2.45. The van der Waals surface area contributed by atoms with Crippen molar-refractivity contribution in [3.05, 3.63) is 71.3 Å². The number of esters is 2. The van der Waals surface area contributed by atoms with Crippen LogP contribution in [0.4, 0.5) is 0 Å². The van der Waals surface area contributed by atoms with Crippen molar-refractivity contribution in [2.24, 2.45) is 11.3 Å². The Bertz CT molecular complexity index is 895. The summed E-state index contributed by atoms with van der Waals surface area (Å²) in [7, 11) is 0. The number of fused-ring (bicyclic) bond motifs is 2. The Hall–Kier alpha value is -2.66. The highest BCUT2D eigenvalue weighted by Crippen LogP contribution is 2.41.